The summed E-state index contributed by atoms with van der Waals surface area (Å²) in [4.78, 5) is 9.47. The molecule has 2 heterocycles. The third-order valence-electron chi connectivity index (χ3n) is 3.58. The van der Waals surface area contributed by atoms with E-state index in [4.69, 9.17) is 4.74 Å². The van der Waals surface area contributed by atoms with Crippen LogP contribution in [0.3, 0.4) is 0 Å². The van der Waals surface area contributed by atoms with Crippen molar-refractivity contribution in [2.24, 2.45) is 0 Å². The number of benzene rings is 1. The molecule has 1 aromatic carbocycles. The molecular formula is C15H17F2N3O. The van der Waals surface area contributed by atoms with E-state index >= 15 is 0 Å². The van der Waals surface area contributed by atoms with Crippen molar-refractivity contribution >= 4 is 0 Å². The van der Waals surface area contributed by atoms with Gasteiger partial charge in [0.2, 0.25) is 0 Å². The molecule has 1 aliphatic rings. The molecule has 6 heteroatoms. The maximum absolute atomic E-state index is 13.7. The maximum atomic E-state index is 13.7. The first-order valence-electron chi connectivity index (χ1n) is 6.91. The van der Waals surface area contributed by atoms with Gasteiger partial charge in [0.05, 0.1) is 6.61 Å². The van der Waals surface area contributed by atoms with E-state index in [-0.39, 0.29) is 11.9 Å². The number of halogens is 2. The van der Waals surface area contributed by atoms with Crippen molar-refractivity contribution in [3.05, 3.63) is 53.1 Å². The molecule has 1 saturated heterocycles. The van der Waals surface area contributed by atoms with Gasteiger partial charge in [-0.05, 0) is 25.1 Å². The van der Waals surface area contributed by atoms with Gasteiger partial charge in [-0.1, -0.05) is 0 Å². The van der Waals surface area contributed by atoms with Gasteiger partial charge in [-0.2, -0.15) is 0 Å². The lowest BCUT2D eigenvalue weighted by Crippen LogP contribution is -2.38. The second-order valence-electron chi connectivity index (χ2n) is 5.28. The average molecular weight is 293 g/mol. The SMILES string of the molecule is Cc1cnc([C@H]2CN(Cc3cc(F)ccc3F)CCO2)[nH]1. The number of ether oxygens (including phenoxy) is 1. The highest BCUT2D eigenvalue weighted by Gasteiger charge is 2.24. The molecule has 1 aliphatic heterocycles. The Hall–Kier alpha value is -1.79. The molecule has 0 unspecified atom stereocenters. The molecule has 112 valence electrons. The molecule has 2 aromatic rings. The molecule has 0 amide bonds. The molecule has 1 aromatic heterocycles. The number of hydrogen-bond donors (Lipinski definition) is 1. The van der Waals surface area contributed by atoms with Gasteiger partial charge < -0.3 is 9.72 Å². The first-order chi connectivity index (χ1) is 10.1. The number of imidazole rings is 1. The van der Waals surface area contributed by atoms with Crippen LogP contribution in [0.4, 0.5) is 8.78 Å². The number of aromatic nitrogens is 2. The molecule has 0 spiro atoms. The van der Waals surface area contributed by atoms with E-state index in [1.54, 1.807) is 6.20 Å². The van der Waals surface area contributed by atoms with Crippen LogP contribution >= 0.6 is 0 Å². The van der Waals surface area contributed by atoms with Gasteiger partial charge in [0.15, 0.2) is 0 Å². The molecule has 4 nitrogen and oxygen atoms in total. The number of hydrogen-bond acceptors (Lipinski definition) is 3. The van der Waals surface area contributed by atoms with Crippen molar-refractivity contribution in [3.8, 4) is 0 Å². The molecule has 0 bridgehead atoms. The lowest BCUT2D eigenvalue weighted by Gasteiger charge is -2.32. The van der Waals surface area contributed by atoms with Crippen LogP contribution < -0.4 is 0 Å². The normalized spacial score (nSPS) is 19.9. The summed E-state index contributed by atoms with van der Waals surface area (Å²) in [6.45, 7) is 4.12. The predicted octanol–water partition coefficient (Wildman–Crippen LogP) is 2.57. The minimum absolute atomic E-state index is 0.163. The second-order valence-corrected chi connectivity index (χ2v) is 5.28. The highest BCUT2D eigenvalue weighted by Crippen LogP contribution is 2.22. The number of aryl methyl sites for hydroxylation is 1. The van der Waals surface area contributed by atoms with E-state index in [1.165, 1.54) is 12.1 Å². The zero-order chi connectivity index (χ0) is 14.8. The average Bonchev–Trinajstić information content (AvgIpc) is 2.90. The van der Waals surface area contributed by atoms with Crippen molar-refractivity contribution < 1.29 is 13.5 Å². The van der Waals surface area contributed by atoms with Crippen molar-refractivity contribution in [1.82, 2.24) is 14.9 Å². The summed E-state index contributed by atoms with van der Waals surface area (Å²) in [6, 6.07) is 3.54. The maximum Gasteiger partial charge on any atom is 0.136 e. The van der Waals surface area contributed by atoms with Crippen molar-refractivity contribution in [2.45, 2.75) is 19.6 Å². The van der Waals surface area contributed by atoms with Gasteiger partial charge in [-0.3, -0.25) is 4.90 Å². The summed E-state index contributed by atoms with van der Waals surface area (Å²) in [7, 11) is 0. The fourth-order valence-electron chi connectivity index (χ4n) is 2.51. The van der Waals surface area contributed by atoms with Crippen molar-refractivity contribution in [3.63, 3.8) is 0 Å². The van der Waals surface area contributed by atoms with Gasteiger partial charge >= 0.3 is 0 Å². The van der Waals surface area contributed by atoms with E-state index in [1.807, 2.05) is 11.8 Å². The monoisotopic (exact) mass is 293 g/mol. The molecule has 1 atom stereocenters. The zero-order valence-electron chi connectivity index (χ0n) is 11.8. The number of H-pyrrole nitrogens is 1. The largest absolute Gasteiger partial charge is 0.368 e. The molecular weight excluding hydrogens is 276 g/mol. The van der Waals surface area contributed by atoms with Gasteiger partial charge in [0.1, 0.15) is 23.6 Å². The molecule has 1 fully saturated rings. The molecule has 0 aliphatic carbocycles. The lowest BCUT2D eigenvalue weighted by atomic mass is 10.1. The fraction of sp³-hybridized carbons (Fsp3) is 0.400. The van der Waals surface area contributed by atoms with Gasteiger partial charge in [-0.25, -0.2) is 13.8 Å². The summed E-state index contributed by atoms with van der Waals surface area (Å²) < 4.78 is 32.6. The number of rotatable bonds is 3. The lowest BCUT2D eigenvalue weighted by molar-refractivity contribution is -0.0371. The minimum Gasteiger partial charge on any atom is -0.368 e. The smallest absolute Gasteiger partial charge is 0.136 e. The summed E-state index contributed by atoms with van der Waals surface area (Å²) >= 11 is 0. The standard InChI is InChI=1S/C15H17F2N3O/c1-10-7-18-15(19-10)14-9-20(4-5-21-14)8-11-6-12(16)2-3-13(11)17/h2-3,6-7,14H,4-5,8-9H2,1H3,(H,18,19)/t14-/m1/s1. The quantitative estimate of drug-likeness (QED) is 0.945. The van der Waals surface area contributed by atoms with Crippen LogP contribution in [-0.4, -0.2) is 34.6 Å². The van der Waals surface area contributed by atoms with Crippen LogP contribution in [0.25, 0.3) is 0 Å². The van der Waals surface area contributed by atoms with Crippen LogP contribution in [0.1, 0.15) is 23.2 Å². The van der Waals surface area contributed by atoms with E-state index in [9.17, 15) is 8.78 Å². The van der Waals surface area contributed by atoms with Gasteiger partial charge in [0.25, 0.3) is 0 Å². The Morgan fingerprint density at radius 3 is 3.05 bits per heavy atom. The van der Waals surface area contributed by atoms with E-state index < -0.39 is 5.82 Å². The van der Waals surface area contributed by atoms with Gasteiger partial charge in [0, 0.05) is 37.1 Å². The number of nitrogens with zero attached hydrogens (tertiary/aromatic N) is 2. The van der Waals surface area contributed by atoms with Crippen LogP contribution in [0.15, 0.2) is 24.4 Å². The third-order valence-corrected chi connectivity index (χ3v) is 3.58. The topological polar surface area (TPSA) is 41.2 Å². The Morgan fingerprint density at radius 1 is 1.43 bits per heavy atom. The highest BCUT2D eigenvalue weighted by atomic mass is 19.1. The summed E-state index contributed by atoms with van der Waals surface area (Å²) in [6.07, 6.45) is 1.59. The molecule has 21 heavy (non-hydrogen) atoms. The van der Waals surface area contributed by atoms with Gasteiger partial charge in [-0.15, -0.1) is 0 Å². The van der Waals surface area contributed by atoms with E-state index in [0.29, 0.717) is 31.8 Å². The predicted molar refractivity (Wildman–Crippen MR) is 73.7 cm³/mol. The molecule has 3 rings (SSSR count). The van der Waals surface area contributed by atoms with Crippen LogP contribution in [0, 0.1) is 18.6 Å². The Balaban J connectivity index is 1.70. The summed E-state index contributed by atoms with van der Waals surface area (Å²) in [5, 5.41) is 0. The van der Waals surface area contributed by atoms with Crippen LogP contribution in [-0.2, 0) is 11.3 Å². The second kappa shape index (κ2) is 5.91. The number of morpholine rings is 1. The Bertz CT molecular complexity index is 629. The molecule has 0 saturated carbocycles. The minimum atomic E-state index is -0.419. The molecule has 1 N–H and O–H groups in total. The zero-order valence-corrected chi connectivity index (χ0v) is 11.8. The van der Waals surface area contributed by atoms with Crippen LogP contribution in [0.2, 0.25) is 0 Å². The van der Waals surface area contributed by atoms with Crippen LogP contribution in [0.5, 0.6) is 0 Å². The summed E-state index contributed by atoms with van der Waals surface area (Å²) in [5.41, 5.74) is 1.34. The fourth-order valence-corrected chi connectivity index (χ4v) is 2.51. The Kier molecular flexibility index (Phi) is 3.98. The first kappa shape index (κ1) is 14.2. The summed E-state index contributed by atoms with van der Waals surface area (Å²) in [5.74, 6) is -0.0249. The van der Waals surface area contributed by atoms with Crippen molar-refractivity contribution in [2.75, 3.05) is 19.7 Å². The third kappa shape index (κ3) is 3.28. The highest BCUT2D eigenvalue weighted by molar-refractivity contribution is 5.18. The number of nitrogens with one attached hydrogen (secondary N) is 1. The van der Waals surface area contributed by atoms with E-state index in [2.05, 4.69) is 9.97 Å². The number of aromatic amines is 1. The first-order valence-corrected chi connectivity index (χ1v) is 6.91. The Morgan fingerprint density at radius 2 is 2.29 bits per heavy atom. The molecule has 0 radical (unpaired) electrons. The van der Waals surface area contributed by atoms with Crippen molar-refractivity contribution in [1.29, 1.82) is 0 Å². The Labute approximate surface area is 121 Å². The van der Waals surface area contributed by atoms with E-state index in [0.717, 1.165) is 17.6 Å².